The largest absolute Gasteiger partial charge is 0.341 e. The maximum Gasteiger partial charge on any atom is 0.257 e. The molecule has 0 spiro atoms. The third kappa shape index (κ3) is 2.97. The van der Waals surface area contributed by atoms with Gasteiger partial charge >= 0.3 is 0 Å². The number of hydrogen-bond acceptors (Lipinski definition) is 3. The van der Waals surface area contributed by atoms with Crippen molar-refractivity contribution in [1.82, 2.24) is 20.0 Å². The van der Waals surface area contributed by atoms with Crippen molar-refractivity contribution in [3.05, 3.63) is 17.0 Å². The fourth-order valence-corrected chi connectivity index (χ4v) is 2.82. The molecule has 1 fully saturated rings. The van der Waals surface area contributed by atoms with Gasteiger partial charge in [-0.2, -0.15) is 5.10 Å². The molecule has 0 radical (unpaired) electrons. The quantitative estimate of drug-likeness (QED) is 0.889. The molecule has 1 aliphatic heterocycles. The normalized spacial score (nSPS) is 19.5. The van der Waals surface area contributed by atoms with Crippen molar-refractivity contribution in [2.24, 2.45) is 13.0 Å². The van der Waals surface area contributed by atoms with Gasteiger partial charge in [0.2, 0.25) is 0 Å². The maximum absolute atomic E-state index is 12.5. The SMILES string of the molecule is Cc1nn(C)c(C)c1C(=O)N(C)CC1CCCNC1. The first-order valence-electron chi connectivity index (χ1n) is 6.97. The molecule has 1 amide bonds. The summed E-state index contributed by atoms with van der Waals surface area (Å²) < 4.78 is 1.78. The van der Waals surface area contributed by atoms with Crippen LogP contribution in [0.15, 0.2) is 0 Å². The van der Waals surface area contributed by atoms with Crippen molar-refractivity contribution in [2.75, 3.05) is 26.7 Å². The molecule has 2 rings (SSSR count). The first kappa shape index (κ1) is 14.1. The average molecular weight is 264 g/mol. The number of hydrogen-bond donors (Lipinski definition) is 1. The highest BCUT2D eigenvalue weighted by molar-refractivity contribution is 5.96. The predicted octanol–water partition coefficient (Wildman–Crippen LogP) is 1.11. The summed E-state index contributed by atoms with van der Waals surface area (Å²) in [5, 5.41) is 7.71. The van der Waals surface area contributed by atoms with Crippen molar-refractivity contribution in [1.29, 1.82) is 0 Å². The highest BCUT2D eigenvalue weighted by Crippen LogP contribution is 2.17. The summed E-state index contributed by atoms with van der Waals surface area (Å²) in [6.45, 7) is 6.79. The zero-order valence-electron chi connectivity index (χ0n) is 12.4. The molecule has 0 bridgehead atoms. The Morgan fingerprint density at radius 2 is 2.26 bits per heavy atom. The van der Waals surface area contributed by atoms with Gasteiger partial charge in [-0.05, 0) is 45.7 Å². The van der Waals surface area contributed by atoms with Crippen LogP contribution in [-0.2, 0) is 7.05 Å². The number of piperidine rings is 1. The van der Waals surface area contributed by atoms with Gasteiger partial charge in [0.25, 0.3) is 5.91 Å². The van der Waals surface area contributed by atoms with Gasteiger partial charge in [0.1, 0.15) is 0 Å². The summed E-state index contributed by atoms with van der Waals surface area (Å²) in [6, 6.07) is 0. The minimum Gasteiger partial charge on any atom is -0.341 e. The Balaban J connectivity index is 2.05. The van der Waals surface area contributed by atoms with Gasteiger partial charge in [-0.15, -0.1) is 0 Å². The van der Waals surface area contributed by atoms with E-state index >= 15 is 0 Å². The van der Waals surface area contributed by atoms with Gasteiger partial charge in [-0.3, -0.25) is 9.48 Å². The average Bonchev–Trinajstić information content (AvgIpc) is 2.63. The van der Waals surface area contributed by atoms with Crippen LogP contribution in [0.3, 0.4) is 0 Å². The van der Waals surface area contributed by atoms with E-state index in [0.29, 0.717) is 5.92 Å². The predicted molar refractivity (Wildman–Crippen MR) is 75.2 cm³/mol. The summed E-state index contributed by atoms with van der Waals surface area (Å²) in [5.41, 5.74) is 2.52. The summed E-state index contributed by atoms with van der Waals surface area (Å²) in [5.74, 6) is 0.661. The second-order valence-electron chi connectivity index (χ2n) is 5.57. The summed E-state index contributed by atoms with van der Waals surface area (Å²) in [7, 11) is 3.77. The van der Waals surface area contributed by atoms with Crippen molar-refractivity contribution < 1.29 is 4.79 Å². The molecular formula is C14H24N4O. The van der Waals surface area contributed by atoms with Crippen LogP contribution in [0.1, 0.15) is 34.6 Å². The van der Waals surface area contributed by atoms with E-state index in [1.807, 2.05) is 32.8 Å². The van der Waals surface area contributed by atoms with Crippen LogP contribution in [0.25, 0.3) is 0 Å². The van der Waals surface area contributed by atoms with Gasteiger partial charge in [-0.25, -0.2) is 0 Å². The minimum atomic E-state index is 0.0914. The molecular weight excluding hydrogens is 240 g/mol. The van der Waals surface area contributed by atoms with Gasteiger partial charge in [0.05, 0.1) is 11.3 Å². The fourth-order valence-electron chi connectivity index (χ4n) is 2.82. The molecule has 1 saturated heterocycles. The molecule has 0 aliphatic carbocycles. The minimum absolute atomic E-state index is 0.0914. The number of aromatic nitrogens is 2. The second kappa shape index (κ2) is 5.74. The van der Waals surface area contributed by atoms with E-state index in [0.717, 1.165) is 36.6 Å². The Labute approximate surface area is 115 Å². The van der Waals surface area contributed by atoms with Gasteiger partial charge in [0, 0.05) is 26.3 Å². The summed E-state index contributed by atoms with van der Waals surface area (Å²) in [6.07, 6.45) is 2.41. The van der Waals surface area contributed by atoms with E-state index in [2.05, 4.69) is 10.4 Å². The molecule has 1 aromatic heterocycles. The lowest BCUT2D eigenvalue weighted by Crippen LogP contribution is -2.39. The van der Waals surface area contributed by atoms with E-state index in [1.54, 1.807) is 4.68 Å². The second-order valence-corrected chi connectivity index (χ2v) is 5.57. The highest BCUT2D eigenvalue weighted by atomic mass is 16.2. The molecule has 0 aromatic carbocycles. The summed E-state index contributed by atoms with van der Waals surface area (Å²) >= 11 is 0. The molecule has 1 aromatic rings. The van der Waals surface area contributed by atoms with Crippen LogP contribution in [0.5, 0.6) is 0 Å². The lowest BCUT2D eigenvalue weighted by Gasteiger charge is -2.27. The van der Waals surface area contributed by atoms with Crippen molar-refractivity contribution in [3.63, 3.8) is 0 Å². The standard InChI is InChI=1S/C14H24N4O/c1-10-13(11(2)18(4)16-10)14(19)17(3)9-12-6-5-7-15-8-12/h12,15H,5-9H2,1-4H3. The van der Waals surface area contributed by atoms with Crippen LogP contribution >= 0.6 is 0 Å². The van der Waals surface area contributed by atoms with Crippen LogP contribution < -0.4 is 5.32 Å². The van der Waals surface area contributed by atoms with Crippen molar-refractivity contribution >= 4 is 5.91 Å². The summed E-state index contributed by atoms with van der Waals surface area (Å²) in [4.78, 5) is 14.4. The van der Waals surface area contributed by atoms with Gasteiger partial charge < -0.3 is 10.2 Å². The molecule has 1 aliphatic rings. The Kier molecular flexibility index (Phi) is 4.24. The Morgan fingerprint density at radius 1 is 1.53 bits per heavy atom. The van der Waals surface area contributed by atoms with Crippen LogP contribution in [0.2, 0.25) is 0 Å². The number of carbonyl (C=O) groups is 1. The third-order valence-electron chi connectivity index (χ3n) is 4.00. The monoisotopic (exact) mass is 264 g/mol. The molecule has 2 heterocycles. The smallest absolute Gasteiger partial charge is 0.257 e. The van der Waals surface area contributed by atoms with E-state index in [-0.39, 0.29) is 5.91 Å². The first-order valence-corrected chi connectivity index (χ1v) is 6.97. The van der Waals surface area contributed by atoms with E-state index in [4.69, 9.17) is 0 Å². The Bertz CT molecular complexity index is 460. The van der Waals surface area contributed by atoms with Gasteiger partial charge in [0.15, 0.2) is 0 Å². The maximum atomic E-state index is 12.5. The molecule has 5 heteroatoms. The number of nitrogens with one attached hydrogen (secondary N) is 1. The van der Waals surface area contributed by atoms with Crippen LogP contribution in [-0.4, -0.2) is 47.3 Å². The highest BCUT2D eigenvalue weighted by Gasteiger charge is 2.23. The Morgan fingerprint density at radius 3 is 2.79 bits per heavy atom. The number of carbonyl (C=O) groups excluding carboxylic acids is 1. The van der Waals surface area contributed by atoms with E-state index in [9.17, 15) is 4.79 Å². The molecule has 1 unspecified atom stereocenters. The lowest BCUT2D eigenvalue weighted by atomic mass is 9.99. The molecule has 5 nitrogen and oxygen atoms in total. The van der Waals surface area contributed by atoms with Crippen LogP contribution in [0, 0.1) is 19.8 Å². The zero-order valence-corrected chi connectivity index (χ0v) is 12.4. The van der Waals surface area contributed by atoms with Gasteiger partial charge in [-0.1, -0.05) is 0 Å². The fraction of sp³-hybridized carbons (Fsp3) is 0.714. The van der Waals surface area contributed by atoms with Crippen molar-refractivity contribution in [2.45, 2.75) is 26.7 Å². The number of aryl methyl sites for hydroxylation is 2. The van der Waals surface area contributed by atoms with Crippen LogP contribution in [0.4, 0.5) is 0 Å². The number of rotatable bonds is 3. The molecule has 106 valence electrons. The van der Waals surface area contributed by atoms with Crippen molar-refractivity contribution in [3.8, 4) is 0 Å². The molecule has 0 saturated carbocycles. The Hall–Kier alpha value is -1.36. The number of amides is 1. The number of nitrogens with zero attached hydrogens (tertiary/aromatic N) is 3. The lowest BCUT2D eigenvalue weighted by molar-refractivity contribution is 0.0763. The zero-order chi connectivity index (χ0) is 14.0. The van der Waals surface area contributed by atoms with E-state index < -0.39 is 0 Å². The molecule has 1 N–H and O–H groups in total. The van der Waals surface area contributed by atoms with E-state index in [1.165, 1.54) is 12.8 Å². The third-order valence-corrected chi connectivity index (χ3v) is 4.00. The molecule has 1 atom stereocenters. The first-order chi connectivity index (χ1) is 9.00. The topological polar surface area (TPSA) is 50.2 Å². The molecule has 19 heavy (non-hydrogen) atoms.